The van der Waals surface area contributed by atoms with Gasteiger partial charge in [0.25, 0.3) is 5.91 Å². The quantitative estimate of drug-likeness (QED) is 0.709. The monoisotopic (exact) mass is 209 g/mol. The van der Waals surface area contributed by atoms with Crippen LogP contribution in [-0.2, 0) is 0 Å². The van der Waals surface area contributed by atoms with Gasteiger partial charge in [0.2, 0.25) is 0 Å². The van der Waals surface area contributed by atoms with Crippen LogP contribution >= 0.6 is 0 Å². The van der Waals surface area contributed by atoms with E-state index in [2.05, 4.69) is 21.5 Å². The van der Waals surface area contributed by atoms with Crippen molar-refractivity contribution in [2.24, 2.45) is 0 Å². The molecule has 1 saturated heterocycles. The second-order valence-corrected chi connectivity index (χ2v) is 3.61. The van der Waals surface area contributed by atoms with Crippen LogP contribution < -0.4 is 0 Å². The maximum atomic E-state index is 11.8. The molecule has 1 fully saturated rings. The van der Waals surface area contributed by atoms with Crippen molar-refractivity contribution >= 4 is 5.91 Å². The molecule has 0 bridgehead atoms. The predicted octanol–water partition coefficient (Wildman–Crippen LogP) is 0.452. The van der Waals surface area contributed by atoms with Gasteiger partial charge in [0.05, 0.1) is 0 Å². The summed E-state index contributed by atoms with van der Waals surface area (Å²) in [6, 6.07) is 1.61. The minimum absolute atomic E-state index is 0.0282. The van der Waals surface area contributed by atoms with Crippen LogP contribution in [0.15, 0.2) is 16.9 Å². The van der Waals surface area contributed by atoms with Crippen LogP contribution in [0.2, 0.25) is 0 Å². The highest BCUT2D eigenvalue weighted by molar-refractivity contribution is 5.92. The van der Waals surface area contributed by atoms with Crippen molar-refractivity contribution in [3.63, 3.8) is 0 Å². The molecule has 5 nitrogen and oxygen atoms in total. The van der Waals surface area contributed by atoms with E-state index < -0.39 is 0 Å². The van der Waals surface area contributed by atoms with Crippen LogP contribution in [0.5, 0.6) is 0 Å². The molecule has 0 aliphatic carbocycles. The van der Waals surface area contributed by atoms with Crippen molar-refractivity contribution in [3.05, 3.63) is 18.0 Å². The van der Waals surface area contributed by atoms with Gasteiger partial charge in [-0.05, 0) is 6.54 Å². The summed E-state index contributed by atoms with van der Waals surface area (Å²) in [6.07, 6.45) is 1.43. The van der Waals surface area contributed by atoms with Crippen LogP contribution in [0.1, 0.15) is 17.4 Å². The first kappa shape index (κ1) is 10.2. The summed E-state index contributed by atoms with van der Waals surface area (Å²) in [7, 11) is 0. The summed E-state index contributed by atoms with van der Waals surface area (Å²) < 4.78 is 4.66. The molecule has 0 spiro atoms. The maximum Gasteiger partial charge on any atom is 0.276 e. The van der Waals surface area contributed by atoms with Gasteiger partial charge in [-0.3, -0.25) is 4.79 Å². The molecular formula is C10H15N3O2. The number of amides is 1. The summed E-state index contributed by atoms with van der Waals surface area (Å²) in [5.74, 6) is -0.0282. The van der Waals surface area contributed by atoms with Crippen LogP contribution in [-0.4, -0.2) is 53.6 Å². The van der Waals surface area contributed by atoms with Crippen molar-refractivity contribution in [2.45, 2.75) is 6.92 Å². The Hall–Kier alpha value is -1.36. The van der Waals surface area contributed by atoms with Crippen LogP contribution in [0.25, 0.3) is 0 Å². The van der Waals surface area contributed by atoms with Gasteiger partial charge in [0.1, 0.15) is 6.26 Å². The number of carbonyl (C=O) groups excluding carboxylic acids is 1. The van der Waals surface area contributed by atoms with Crippen molar-refractivity contribution in [1.29, 1.82) is 0 Å². The fourth-order valence-electron chi connectivity index (χ4n) is 1.75. The summed E-state index contributed by atoms with van der Waals surface area (Å²) >= 11 is 0. The Morgan fingerprint density at radius 2 is 2.20 bits per heavy atom. The highest BCUT2D eigenvalue weighted by Crippen LogP contribution is 2.06. The van der Waals surface area contributed by atoms with Gasteiger partial charge in [0, 0.05) is 32.2 Å². The summed E-state index contributed by atoms with van der Waals surface area (Å²) in [6.45, 7) is 6.63. The molecule has 0 atom stereocenters. The molecule has 0 aromatic carbocycles. The lowest BCUT2D eigenvalue weighted by Crippen LogP contribution is -2.48. The number of hydrogen-bond donors (Lipinski definition) is 0. The van der Waals surface area contributed by atoms with Crippen molar-refractivity contribution in [1.82, 2.24) is 15.0 Å². The van der Waals surface area contributed by atoms with Gasteiger partial charge in [-0.1, -0.05) is 12.1 Å². The molecule has 1 aromatic rings. The Bertz CT molecular complexity index is 315. The van der Waals surface area contributed by atoms with E-state index in [0.29, 0.717) is 5.69 Å². The number of nitrogens with zero attached hydrogens (tertiary/aromatic N) is 3. The third kappa shape index (κ3) is 2.18. The van der Waals surface area contributed by atoms with E-state index in [0.717, 1.165) is 32.7 Å². The molecule has 0 radical (unpaired) electrons. The van der Waals surface area contributed by atoms with E-state index in [1.807, 2.05) is 4.90 Å². The minimum atomic E-state index is -0.0282. The highest BCUT2D eigenvalue weighted by Gasteiger charge is 2.22. The van der Waals surface area contributed by atoms with Gasteiger partial charge >= 0.3 is 0 Å². The first-order valence-corrected chi connectivity index (χ1v) is 5.23. The molecule has 1 amide bonds. The van der Waals surface area contributed by atoms with E-state index in [-0.39, 0.29) is 5.91 Å². The lowest BCUT2D eigenvalue weighted by atomic mass is 10.3. The SMILES string of the molecule is CCN1CCN(C(=O)c2ccon2)CC1. The average molecular weight is 209 g/mol. The third-order valence-corrected chi connectivity index (χ3v) is 2.76. The Morgan fingerprint density at radius 3 is 2.73 bits per heavy atom. The number of rotatable bonds is 2. The molecule has 2 rings (SSSR count). The van der Waals surface area contributed by atoms with Gasteiger partial charge in [-0.15, -0.1) is 0 Å². The Labute approximate surface area is 88.6 Å². The topological polar surface area (TPSA) is 49.6 Å². The molecular weight excluding hydrogens is 194 g/mol. The van der Waals surface area contributed by atoms with Gasteiger partial charge in [-0.25, -0.2) is 0 Å². The van der Waals surface area contributed by atoms with Crippen molar-refractivity contribution in [2.75, 3.05) is 32.7 Å². The van der Waals surface area contributed by atoms with Crippen LogP contribution in [0, 0.1) is 0 Å². The third-order valence-electron chi connectivity index (χ3n) is 2.76. The van der Waals surface area contributed by atoms with E-state index >= 15 is 0 Å². The smallest absolute Gasteiger partial charge is 0.276 e. The molecule has 82 valence electrons. The van der Waals surface area contributed by atoms with Crippen LogP contribution in [0.3, 0.4) is 0 Å². The average Bonchev–Trinajstić information content (AvgIpc) is 2.82. The molecule has 1 aromatic heterocycles. The zero-order chi connectivity index (χ0) is 10.7. The largest absolute Gasteiger partial charge is 0.364 e. The van der Waals surface area contributed by atoms with Gasteiger partial charge < -0.3 is 14.3 Å². The van der Waals surface area contributed by atoms with Crippen LogP contribution in [0.4, 0.5) is 0 Å². The minimum Gasteiger partial charge on any atom is -0.364 e. The molecule has 0 N–H and O–H groups in total. The standard InChI is InChI=1S/C10H15N3O2/c1-2-12-4-6-13(7-5-12)10(14)9-3-8-15-11-9/h3,8H,2,4-7H2,1H3. The number of piperazine rings is 1. The fourth-order valence-corrected chi connectivity index (χ4v) is 1.75. The van der Waals surface area contributed by atoms with Crippen molar-refractivity contribution in [3.8, 4) is 0 Å². The molecule has 5 heteroatoms. The molecule has 1 aliphatic rings. The second-order valence-electron chi connectivity index (χ2n) is 3.61. The number of hydrogen-bond acceptors (Lipinski definition) is 4. The zero-order valence-electron chi connectivity index (χ0n) is 8.85. The lowest BCUT2D eigenvalue weighted by Gasteiger charge is -2.33. The van der Waals surface area contributed by atoms with Gasteiger partial charge in [-0.2, -0.15) is 0 Å². The molecule has 1 aliphatic heterocycles. The summed E-state index contributed by atoms with van der Waals surface area (Å²) in [4.78, 5) is 16.0. The molecule has 0 saturated carbocycles. The second kappa shape index (κ2) is 4.44. The van der Waals surface area contributed by atoms with E-state index in [9.17, 15) is 4.79 Å². The van der Waals surface area contributed by atoms with E-state index in [4.69, 9.17) is 0 Å². The Morgan fingerprint density at radius 1 is 1.47 bits per heavy atom. The predicted molar refractivity (Wildman–Crippen MR) is 54.5 cm³/mol. The normalized spacial score (nSPS) is 18.1. The maximum absolute atomic E-state index is 11.8. The Balaban J connectivity index is 1.93. The van der Waals surface area contributed by atoms with E-state index in [1.165, 1.54) is 6.26 Å². The lowest BCUT2D eigenvalue weighted by molar-refractivity contribution is 0.0633. The summed E-state index contributed by atoms with van der Waals surface area (Å²) in [5.41, 5.74) is 0.403. The molecule has 2 heterocycles. The van der Waals surface area contributed by atoms with Crippen molar-refractivity contribution < 1.29 is 9.32 Å². The van der Waals surface area contributed by atoms with E-state index in [1.54, 1.807) is 6.07 Å². The fraction of sp³-hybridized carbons (Fsp3) is 0.600. The molecule has 15 heavy (non-hydrogen) atoms. The molecule has 0 unspecified atom stereocenters. The Kier molecular flexibility index (Phi) is 3.01. The van der Waals surface area contributed by atoms with Gasteiger partial charge in [0.15, 0.2) is 5.69 Å². The number of likely N-dealkylation sites (N-methyl/N-ethyl adjacent to an activating group) is 1. The zero-order valence-corrected chi connectivity index (χ0v) is 8.85. The number of carbonyl (C=O) groups is 1. The first-order chi connectivity index (χ1) is 7.31. The first-order valence-electron chi connectivity index (χ1n) is 5.23. The number of aromatic nitrogens is 1. The highest BCUT2D eigenvalue weighted by atomic mass is 16.5. The summed E-state index contributed by atoms with van der Waals surface area (Å²) in [5, 5.41) is 3.65.